The maximum absolute atomic E-state index is 5.85. The molecule has 0 spiro atoms. The first kappa shape index (κ1) is 11.5. The van der Waals surface area contributed by atoms with Gasteiger partial charge in [-0.05, 0) is 41.8 Å². The van der Waals surface area contributed by atoms with Gasteiger partial charge in [-0.15, -0.1) is 0 Å². The second-order valence-corrected chi connectivity index (χ2v) is 4.21. The van der Waals surface area contributed by atoms with Crippen molar-refractivity contribution in [3.05, 3.63) is 60.8 Å². The van der Waals surface area contributed by atoms with Gasteiger partial charge >= 0.3 is 0 Å². The molecule has 0 amide bonds. The minimum absolute atomic E-state index is 0.635. The molecule has 3 heteroatoms. The van der Waals surface area contributed by atoms with Crippen LogP contribution in [0.5, 0.6) is 11.6 Å². The molecule has 0 unspecified atom stereocenters. The maximum atomic E-state index is 5.85. The van der Waals surface area contributed by atoms with Gasteiger partial charge in [-0.3, -0.25) is 0 Å². The van der Waals surface area contributed by atoms with Crippen LogP contribution in [0.25, 0.3) is 10.8 Å². The Hall–Kier alpha value is -2.55. The van der Waals surface area contributed by atoms with E-state index in [9.17, 15) is 0 Å². The summed E-state index contributed by atoms with van der Waals surface area (Å²) in [6, 6.07) is 17.8. The summed E-state index contributed by atoms with van der Waals surface area (Å²) >= 11 is 0. The number of rotatable bonds is 3. The third-order valence-corrected chi connectivity index (χ3v) is 2.99. The van der Waals surface area contributed by atoms with Crippen molar-refractivity contribution >= 4 is 16.5 Å². The highest BCUT2D eigenvalue weighted by molar-refractivity contribution is 5.86. The summed E-state index contributed by atoms with van der Waals surface area (Å²) in [6.07, 6.45) is 1.76. The van der Waals surface area contributed by atoms with Gasteiger partial charge in [0.25, 0.3) is 0 Å². The quantitative estimate of drug-likeness (QED) is 0.760. The van der Waals surface area contributed by atoms with E-state index in [1.807, 2.05) is 61.6 Å². The molecule has 0 fully saturated rings. The molecule has 0 aliphatic heterocycles. The van der Waals surface area contributed by atoms with Gasteiger partial charge in [-0.1, -0.05) is 18.2 Å². The predicted octanol–water partition coefficient (Wildman–Crippen LogP) is 4.07. The molecule has 0 saturated heterocycles. The van der Waals surface area contributed by atoms with Crippen molar-refractivity contribution in [1.82, 2.24) is 4.98 Å². The van der Waals surface area contributed by atoms with Crippen LogP contribution in [0, 0.1) is 0 Å². The highest BCUT2D eigenvalue weighted by atomic mass is 16.5. The number of fused-ring (bicyclic) bond motifs is 1. The van der Waals surface area contributed by atoms with Crippen molar-refractivity contribution in [3.8, 4) is 11.6 Å². The van der Waals surface area contributed by atoms with Crippen LogP contribution in [0.2, 0.25) is 0 Å². The Bertz CT molecular complexity index is 687. The van der Waals surface area contributed by atoms with E-state index in [0.29, 0.717) is 5.88 Å². The average molecular weight is 250 g/mol. The number of anilines is 1. The predicted molar refractivity (Wildman–Crippen MR) is 77.8 cm³/mol. The van der Waals surface area contributed by atoms with Crippen LogP contribution in [0.1, 0.15) is 0 Å². The monoisotopic (exact) mass is 250 g/mol. The summed E-state index contributed by atoms with van der Waals surface area (Å²) in [5, 5.41) is 5.22. The van der Waals surface area contributed by atoms with Gasteiger partial charge in [0.2, 0.25) is 5.88 Å². The number of aromatic nitrogens is 1. The van der Waals surface area contributed by atoms with Gasteiger partial charge in [0.1, 0.15) is 5.75 Å². The zero-order chi connectivity index (χ0) is 13.1. The molecule has 1 N–H and O–H groups in total. The van der Waals surface area contributed by atoms with E-state index >= 15 is 0 Å². The first-order chi connectivity index (χ1) is 9.36. The summed E-state index contributed by atoms with van der Waals surface area (Å²) in [4.78, 5) is 4.31. The molecule has 1 heterocycles. The molecule has 3 aromatic rings. The van der Waals surface area contributed by atoms with Gasteiger partial charge in [0, 0.05) is 24.3 Å². The topological polar surface area (TPSA) is 34.1 Å². The summed E-state index contributed by atoms with van der Waals surface area (Å²) in [5.41, 5.74) is 1.05. The smallest absolute Gasteiger partial charge is 0.227 e. The Morgan fingerprint density at radius 1 is 0.947 bits per heavy atom. The van der Waals surface area contributed by atoms with Crippen molar-refractivity contribution in [2.75, 3.05) is 12.4 Å². The Labute approximate surface area is 111 Å². The largest absolute Gasteiger partial charge is 0.438 e. The molecule has 0 saturated carbocycles. The molecular weight excluding hydrogens is 236 g/mol. The van der Waals surface area contributed by atoms with Crippen molar-refractivity contribution < 1.29 is 4.74 Å². The lowest BCUT2D eigenvalue weighted by atomic mass is 10.2. The van der Waals surface area contributed by atoms with E-state index < -0.39 is 0 Å². The zero-order valence-corrected chi connectivity index (χ0v) is 10.6. The molecule has 2 aromatic carbocycles. The van der Waals surface area contributed by atoms with Crippen molar-refractivity contribution in [3.63, 3.8) is 0 Å². The standard InChI is InChI=1S/C16H14N2O/c1-17-13-6-8-14(9-7-13)19-16-15-5-3-2-4-12(15)10-11-18-16/h2-11,17H,1H3. The van der Waals surface area contributed by atoms with Gasteiger partial charge in [-0.25, -0.2) is 4.98 Å². The minimum atomic E-state index is 0.635. The van der Waals surface area contributed by atoms with Crippen molar-refractivity contribution in [1.29, 1.82) is 0 Å². The van der Waals surface area contributed by atoms with Gasteiger partial charge in [0.05, 0.1) is 0 Å². The van der Waals surface area contributed by atoms with Crippen LogP contribution in [0.4, 0.5) is 5.69 Å². The fraction of sp³-hybridized carbons (Fsp3) is 0.0625. The Morgan fingerprint density at radius 3 is 2.53 bits per heavy atom. The fourth-order valence-electron chi connectivity index (χ4n) is 1.97. The van der Waals surface area contributed by atoms with Crippen molar-refractivity contribution in [2.45, 2.75) is 0 Å². The second-order valence-electron chi connectivity index (χ2n) is 4.21. The number of nitrogens with zero attached hydrogens (tertiary/aromatic N) is 1. The summed E-state index contributed by atoms with van der Waals surface area (Å²) < 4.78 is 5.85. The highest BCUT2D eigenvalue weighted by Gasteiger charge is 2.04. The van der Waals surface area contributed by atoms with E-state index in [-0.39, 0.29) is 0 Å². The number of hydrogen-bond acceptors (Lipinski definition) is 3. The van der Waals surface area contributed by atoms with Crippen LogP contribution in [0.15, 0.2) is 60.8 Å². The van der Waals surface area contributed by atoms with E-state index in [1.165, 1.54) is 0 Å². The van der Waals surface area contributed by atoms with Gasteiger partial charge < -0.3 is 10.1 Å². The lowest BCUT2D eigenvalue weighted by Gasteiger charge is -2.08. The second kappa shape index (κ2) is 4.98. The molecule has 0 aliphatic carbocycles. The van der Waals surface area contributed by atoms with E-state index in [1.54, 1.807) is 6.20 Å². The molecule has 3 nitrogen and oxygen atoms in total. The molecule has 0 aliphatic rings. The molecule has 19 heavy (non-hydrogen) atoms. The summed E-state index contributed by atoms with van der Waals surface area (Å²) in [6.45, 7) is 0. The molecule has 1 aromatic heterocycles. The van der Waals surface area contributed by atoms with Gasteiger partial charge in [0.15, 0.2) is 0 Å². The number of ether oxygens (including phenoxy) is 1. The number of hydrogen-bond donors (Lipinski definition) is 1. The molecular formula is C16H14N2O. The normalized spacial score (nSPS) is 10.4. The SMILES string of the molecule is CNc1ccc(Oc2nccc3ccccc23)cc1. The lowest BCUT2D eigenvalue weighted by molar-refractivity contribution is 0.469. The highest BCUT2D eigenvalue weighted by Crippen LogP contribution is 2.27. The minimum Gasteiger partial charge on any atom is -0.438 e. The van der Waals surface area contributed by atoms with Crippen LogP contribution in [0.3, 0.4) is 0 Å². The van der Waals surface area contributed by atoms with Crippen molar-refractivity contribution in [2.24, 2.45) is 0 Å². The van der Waals surface area contributed by atoms with E-state index in [2.05, 4.69) is 10.3 Å². The maximum Gasteiger partial charge on any atom is 0.227 e. The molecule has 94 valence electrons. The molecule has 0 radical (unpaired) electrons. The Kier molecular flexibility index (Phi) is 3.02. The van der Waals surface area contributed by atoms with E-state index in [4.69, 9.17) is 4.74 Å². The third kappa shape index (κ3) is 2.36. The number of nitrogens with one attached hydrogen (secondary N) is 1. The van der Waals surface area contributed by atoms with Gasteiger partial charge in [-0.2, -0.15) is 0 Å². The van der Waals surface area contributed by atoms with Crippen LogP contribution in [-0.2, 0) is 0 Å². The van der Waals surface area contributed by atoms with Crippen LogP contribution in [-0.4, -0.2) is 12.0 Å². The molecule has 0 bridgehead atoms. The Morgan fingerprint density at radius 2 is 1.74 bits per heavy atom. The molecule has 0 atom stereocenters. The number of benzene rings is 2. The van der Waals surface area contributed by atoms with E-state index in [0.717, 1.165) is 22.2 Å². The first-order valence-electron chi connectivity index (χ1n) is 6.16. The van der Waals surface area contributed by atoms with Crippen LogP contribution < -0.4 is 10.1 Å². The number of pyridine rings is 1. The summed E-state index contributed by atoms with van der Waals surface area (Å²) in [7, 11) is 1.89. The summed E-state index contributed by atoms with van der Waals surface area (Å²) in [5.74, 6) is 1.41. The zero-order valence-electron chi connectivity index (χ0n) is 10.6. The Balaban J connectivity index is 1.96. The first-order valence-corrected chi connectivity index (χ1v) is 6.16. The molecule has 3 rings (SSSR count). The third-order valence-electron chi connectivity index (χ3n) is 2.99. The lowest BCUT2D eigenvalue weighted by Crippen LogP contribution is -1.90. The van der Waals surface area contributed by atoms with Crippen LogP contribution >= 0.6 is 0 Å². The average Bonchev–Trinajstić information content (AvgIpc) is 2.48. The fourth-order valence-corrected chi connectivity index (χ4v) is 1.97.